The summed E-state index contributed by atoms with van der Waals surface area (Å²) < 4.78 is 6.11. The molecule has 0 atom stereocenters. The lowest BCUT2D eigenvalue weighted by molar-refractivity contribution is 0.461. The lowest BCUT2D eigenvalue weighted by Gasteiger charge is -2.10. The van der Waals surface area contributed by atoms with Crippen LogP contribution in [-0.2, 0) is 6.42 Å². The van der Waals surface area contributed by atoms with E-state index in [1.54, 1.807) is 12.4 Å². The van der Waals surface area contributed by atoms with Crippen LogP contribution in [0.4, 0.5) is 0 Å². The number of aryl methyl sites for hydroxylation is 1. The van der Waals surface area contributed by atoms with Gasteiger partial charge in [-0.2, -0.15) is 5.10 Å². The molecule has 3 heterocycles. The van der Waals surface area contributed by atoms with Crippen LogP contribution in [0.3, 0.4) is 0 Å². The number of aromatic amines is 1. The van der Waals surface area contributed by atoms with E-state index in [4.69, 9.17) is 4.74 Å². The van der Waals surface area contributed by atoms with Crippen LogP contribution in [0.25, 0.3) is 21.7 Å². The number of nitrogens with zero attached hydrogens (tertiary/aromatic N) is 3. The summed E-state index contributed by atoms with van der Waals surface area (Å²) in [6.07, 6.45) is 4.28. The number of nitrogens with one attached hydrogen (secondary N) is 1. The first-order valence-corrected chi connectivity index (χ1v) is 9.17. The quantitative estimate of drug-likeness (QED) is 0.475. The van der Waals surface area contributed by atoms with E-state index in [9.17, 15) is 0 Å². The molecule has 0 spiro atoms. The highest BCUT2D eigenvalue weighted by atomic mass is 16.5. The van der Waals surface area contributed by atoms with E-state index in [0.717, 1.165) is 44.4 Å². The van der Waals surface area contributed by atoms with Gasteiger partial charge in [0, 0.05) is 46.9 Å². The zero-order valence-electron chi connectivity index (χ0n) is 15.4. The number of hydrogen-bond acceptors (Lipinski definition) is 4. The summed E-state index contributed by atoms with van der Waals surface area (Å²) in [5.41, 5.74) is 4.24. The Labute approximate surface area is 162 Å². The predicted octanol–water partition coefficient (Wildman–Crippen LogP) is 5.20. The average molecular weight is 366 g/mol. The average Bonchev–Trinajstić information content (AvgIpc) is 3.10. The number of H-pyrrole nitrogens is 1. The first-order valence-electron chi connectivity index (χ1n) is 9.17. The summed E-state index contributed by atoms with van der Waals surface area (Å²) >= 11 is 0. The number of pyridine rings is 1. The Morgan fingerprint density at radius 3 is 2.57 bits per heavy atom. The van der Waals surface area contributed by atoms with Gasteiger partial charge in [-0.3, -0.25) is 4.98 Å². The Balaban J connectivity index is 1.53. The first-order chi connectivity index (χ1) is 13.8. The minimum atomic E-state index is 0.511. The van der Waals surface area contributed by atoms with Crippen molar-refractivity contribution in [1.29, 1.82) is 0 Å². The molecule has 136 valence electrons. The largest absolute Gasteiger partial charge is 0.437 e. The van der Waals surface area contributed by atoms with Gasteiger partial charge in [0.05, 0.1) is 5.69 Å². The van der Waals surface area contributed by atoms with Crippen molar-refractivity contribution in [2.45, 2.75) is 13.3 Å². The fourth-order valence-corrected chi connectivity index (χ4v) is 3.46. The van der Waals surface area contributed by atoms with Crippen molar-refractivity contribution in [2.75, 3.05) is 0 Å². The van der Waals surface area contributed by atoms with Crippen molar-refractivity contribution in [3.8, 4) is 11.6 Å². The molecule has 0 amide bonds. The van der Waals surface area contributed by atoms with Crippen molar-refractivity contribution < 1.29 is 4.74 Å². The number of aromatic nitrogens is 4. The summed E-state index contributed by atoms with van der Waals surface area (Å²) in [5.74, 6) is 1.24. The standard InChI is InChI=1S/C23H18N4O/c1-15-12-17-6-7-18(14-21(17)25-15)28-23-20-5-3-2-4-19(20)22(26-27-23)13-16-8-10-24-11-9-16/h2-12,14,25H,13H2,1H3. The summed E-state index contributed by atoms with van der Waals surface area (Å²) in [7, 11) is 0. The van der Waals surface area contributed by atoms with Gasteiger partial charge < -0.3 is 9.72 Å². The van der Waals surface area contributed by atoms with Gasteiger partial charge in [-0.25, -0.2) is 0 Å². The molecule has 0 aliphatic heterocycles. The smallest absolute Gasteiger partial charge is 0.246 e. The van der Waals surface area contributed by atoms with Gasteiger partial charge in [0.1, 0.15) is 5.75 Å². The lowest BCUT2D eigenvalue weighted by atomic mass is 10.1. The molecule has 28 heavy (non-hydrogen) atoms. The summed E-state index contributed by atoms with van der Waals surface area (Å²) in [5, 5.41) is 12.0. The highest BCUT2D eigenvalue weighted by molar-refractivity contribution is 5.89. The van der Waals surface area contributed by atoms with Crippen LogP contribution in [0.1, 0.15) is 17.0 Å². The van der Waals surface area contributed by atoms with Gasteiger partial charge in [-0.15, -0.1) is 5.10 Å². The van der Waals surface area contributed by atoms with Gasteiger partial charge >= 0.3 is 0 Å². The van der Waals surface area contributed by atoms with Gasteiger partial charge in [0.2, 0.25) is 5.88 Å². The number of rotatable bonds is 4. The van der Waals surface area contributed by atoms with E-state index in [1.165, 1.54) is 0 Å². The number of hydrogen-bond donors (Lipinski definition) is 1. The molecular weight excluding hydrogens is 348 g/mol. The van der Waals surface area contributed by atoms with Crippen molar-refractivity contribution >= 4 is 21.7 Å². The molecule has 0 aliphatic rings. The second-order valence-corrected chi connectivity index (χ2v) is 6.83. The second kappa shape index (κ2) is 6.78. The fourth-order valence-electron chi connectivity index (χ4n) is 3.46. The van der Waals surface area contributed by atoms with E-state index in [2.05, 4.69) is 32.3 Å². The molecule has 0 saturated carbocycles. The van der Waals surface area contributed by atoms with Crippen LogP contribution in [0.15, 0.2) is 73.1 Å². The first kappa shape index (κ1) is 16.4. The van der Waals surface area contributed by atoms with Crippen LogP contribution in [0, 0.1) is 6.92 Å². The summed E-state index contributed by atoms with van der Waals surface area (Å²) in [4.78, 5) is 7.41. The zero-order chi connectivity index (χ0) is 18.9. The molecule has 3 aromatic heterocycles. The topological polar surface area (TPSA) is 63.7 Å². The molecule has 5 aromatic rings. The maximum Gasteiger partial charge on any atom is 0.246 e. The molecule has 0 fully saturated rings. The fraction of sp³-hybridized carbons (Fsp3) is 0.0870. The third-order valence-corrected chi connectivity index (χ3v) is 4.79. The maximum absolute atomic E-state index is 6.11. The Hall–Kier alpha value is -3.73. The van der Waals surface area contributed by atoms with E-state index < -0.39 is 0 Å². The van der Waals surface area contributed by atoms with Crippen molar-refractivity contribution in [3.63, 3.8) is 0 Å². The zero-order valence-corrected chi connectivity index (χ0v) is 15.4. The van der Waals surface area contributed by atoms with E-state index >= 15 is 0 Å². The number of fused-ring (bicyclic) bond motifs is 2. The van der Waals surface area contributed by atoms with Crippen LogP contribution >= 0.6 is 0 Å². The van der Waals surface area contributed by atoms with Crippen molar-refractivity contribution in [1.82, 2.24) is 20.2 Å². The lowest BCUT2D eigenvalue weighted by Crippen LogP contribution is -1.99. The Kier molecular flexibility index (Phi) is 3.98. The van der Waals surface area contributed by atoms with Crippen LogP contribution in [0.2, 0.25) is 0 Å². The van der Waals surface area contributed by atoms with Crippen LogP contribution < -0.4 is 4.74 Å². The molecule has 0 radical (unpaired) electrons. The predicted molar refractivity (Wildman–Crippen MR) is 110 cm³/mol. The molecule has 5 nitrogen and oxygen atoms in total. The molecule has 5 heteroatoms. The Morgan fingerprint density at radius 2 is 1.71 bits per heavy atom. The van der Waals surface area contributed by atoms with Crippen molar-refractivity contribution in [2.24, 2.45) is 0 Å². The third kappa shape index (κ3) is 3.07. The summed E-state index contributed by atoms with van der Waals surface area (Å²) in [6, 6.07) is 20.2. The molecule has 0 bridgehead atoms. The highest BCUT2D eigenvalue weighted by Gasteiger charge is 2.12. The second-order valence-electron chi connectivity index (χ2n) is 6.83. The molecule has 0 unspecified atom stereocenters. The molecule has 0 aliphatic carbocycles. The minimum absolute atomic E-state index is 0.511. The maximum atomic E-state index is 6.11. The number of ether oxygens (including phenoxy) is 1. The molecule has 1 N–H and O–H groups in total. The van der Waals surface area contributed by atoms with Gasteiger partial charge in [-0.05, 0) is 54.3 Å². The van der Waals surface area contributed by atoms with Crippen LogP contribution in [-0.4, -0.2) is 20.2 Å². The molecule has 5 rings (SSSR count). The highest BCUT2D eigenvalue weighted by Crippen LogP contribution is 2.31. The minimum Gasteiger partial charge on any atom is -0.437 e. The number of benzene rings is 2. The summed E-state index contributed by atoms with van der Waals surface area (Å²) in [6.45, 7) is 2.04. The van der Waals surface area contributed by atoms with E-state index in [1.807, 2.05) is 55.5 Å². The normalized spacial score (nSPS) is 11.2. The Morgan fingerprint density at radius 1 is 0.893 bits per heavy atom. The van der Waals surface area contributed by atoms with E-state index in [-0.39, 0.29) is 0 Å². The van der Waals surface area contributed by atoms with Gasteiger partial charge in [0.15, 0.2) is 0 Å². The molecule has 2 aromatic carbocycles. The SMILES string of the molecule is Cc1cc2ccc(Oc3nnc(Cc4ccncc4)c4ccccc34)cc2[nH]1. The van der Waals surface area contributed by atoms with E-state index in [0.29, 0.717) is 12.3 Å². The third-order valence-electron chi connectivity index (χ3n) is 4.79. The van der Waals surface area contributed by atoms with Crippen LogP contribution in [0.5, 0.6) is 11.6 Å². The molecule has 0 saturated heterocycles. The molecular formula is C23H18N4O. The van der Waals surface area contributed by atoms with Crippen molar-refractivity contribution in [3.05, 3.63) is 90.0 Å². The van der Waals surface area contributed by atoms with Gasteiger partial charge in [-0.1, -0.05) is 18.2 Å². The monoisotopic (exact) mass is 366 g/mol. The Bertz CT molecular complexity index is 1280. The van der Waals surface area contributed by atoms with Gasteiger partial charge in [0.25, 0.3) is 0 Å².